The zero-order chi connectivity index (χ0) is 22.1. The van der Waals surface area contributed by atoms with Crippen LogP contribution in [-0.2, 0) is 15.1 Å². The van der Waals surface area contributed by atoms with Gasteiger partial charge in [0.15, 0.2) is 0 Å². The topological polar surface area (TPSA) is 79.0 Å². The van der Waals surface area contributed by atoms with Gasteiger partial charge in [0, 0.05) is 12.2 Å². The maximum Gasteiger partial charge on any atom is 0.325 e. The molecule has 2 aromatic carbocycles. The number of hydrogen-bond acceptors (Lipinski definition) is 4. The molecule has 0 bridgehead atoms. The number of methoxy groups -OCH3 is 1. The van der Waals surface area contributed by atoms with E-state index in [2.05, 4.69) is 5.32 Å². The Morgan fingerprint density at radius 1 is 1.10 bits per heavy atom. The molecule has 0 aliphatic carbocycles. The number of carbonyl (C=O) groups excluding carboxylic acids is 3. The number of benzene rings is 2. The molecule has 3 rings (SSSR count). The second-order valence-corrected chi connectivity index (χ2v) is 7.66. The largest absolute Gasteiger partial charge is 0.497 e. The van der Waals surface area contributed by atoms with Gasteiger partial charge in [-0.25, -0.2) is 4.79 Å². The molecule has 4 amide bonds. The highest BCUT2D eigenvalue weighted by molar-refractivity contribution is 6.10. The molecule has 30 heavy (non-hydrogen) atoms. The van der Waals surface area contributed by atoms with E-state index in [1.54, 1.807) is 43.2 Å². The lowest BCUT2D eigenvalue weighted by Gasteiger charge is -2.25. The van der Waals surface area contributed by atoms with Gasteiger partial charge in [0.25, 0.3) is 5.91 Å². The number of imide groups is 1. The number of nitrogens with one attached hydrogen (secondary N) is 1. The molecule has 1 atom stereocenters. The van der Waals surface area contributed by atoms with Gasteiger partial charge < -0.3 is 15.0 Å². The van der Waals surface area contributed by atoms with Crippen LogP contribution in [0.15, 0.2) is 42.5 Å². The third kappa shape index (κ3) is 3.87. The summed E-state index contributed by atoms with van der Waals surface area (Å²) in [7, 11) is 1.56. The number of aryl methyl sites for hydroxylation is 2. The number of rotatable bonds is 6. The molecule has 0 radical (unpaired) electrons. The fourth-order valence-electron chi connectivity index (χ4n) is 3.79. The van der Waals surface area contributed by atoms with Crippen molar-refractivity contribution in [3.63, 3.8) is 0 Å². The summed E-state index contributed by atoms with van der Waals surface area (Å²) in [4.78, 5) is 41.3. The van der Waals surface area contributed by atoms with Crippen LogP contribution in [0.4, 0.5) is 10.5 Å². The zero-order valence-corrected chi connectivity index (χ0v) is 18.0. The number of likely N-dealkylation sites (N-methyl/N-ethyl adjacent to an activating group) is 1. The van der Waals surface area contributed by atoms with E-state index in [9.17, 15) is 14.4 Å². The lowest BCUT2D eigenvalue weighted by atomic mass is 9.92. The minimum absolute atomic E-state index is 0.315. The van der Waals surface area contributed by atoms with Crippen molar-refractivity contribution in [2.75, 3.05) is 25.1 Å². The van der Waals surface area contributed by atoms with Crippen molar-refractivity contribution in [2.24, 2.45) is 0 Å². The number of amides is 4. The molecule has 0 aromatic heterocycles. The van der Waals surface area contributed by atoms with Gasteiger partial charge in [0.1, 0.15) is 17.8 Å². The van der Waals surface area contributed by atoms with Gasteiger partial charge in [-0.15, -0.1) is 0 Å². The molecule has 7 nitrogen and oxygen atoms in total. The molecule has 158 valence electrons. The fourth-order valence-corrected chi connectivity index (χ4v) is 3.79. The van der Waals surface area contributed by atoms with Crippen molar-refractivity contribution in [1.29, 1.82) is 0 Å². The van der Waals surface area contributed by atoms with E-state index < -0.39 is 17.5 Å². The van der Waals surface area contributed by atoms with Crippen molar-refractivity contribution in [3.8, 4) is 5.75 Å². The van der Waals surface area contributed by atoms with Crippen LogP contribution >= 0.6 is 0 Å². The van der Waals surface area contributed by atoms with Gasteiger partial charge >= 0.3 is 6.03 Å². The summed E-state index contributed by atoms with van der Waals surface area (Å²) in [6.45, 7) is 7.54. The van der Waals surface area contributed by atoms with Crippen molar-refractivity contribution >= 4 is 23.5 Å². The number of nitrogens with zero attached hydrogens (tertiary/aromatic N) is 2. The maximum absolute atomic E-state index is 13.1. The Bertz CT molecular complexity index is 966. The van der Waals surface area contributed by atoms with Gasteiger partial charge in [-0.1, -0.05) is 18.2 Å². The first-order valence-corrected chi connectivity index (χ1v) is 9.87. The third-order valence-electron chi connectivity index (χ3n) is 5.37. The van der Waals surface area contributed by atoms with Gasteiger partial charge in [-0.2, -0.15) is 0 Å². The first kappa shape index (κ1) is 21.4. The summed E-state index contributed by atoms with van der Waals surface area (Å²) < 4.78 is 5.15. The van der Waals surface area contributed by atoms with Crippen LogP contribution < -0.4 is 15.0 Å². The average Bonchev–Trinajstić information content (AvgIpc) is 2.92. The second-order valence-electron chi connectivity index (χ2n) is 7.66. The van der Waals surface area contributed by atoms with Crippen LogP contribution in [-0.4, -0.2) is 42.9 Å². The summed E-state index contributed by atoms with van der Waals surface area (Å²) in [5, 5.41) is 2.73. The fraction of sp³-hybridized carbons (Fsp3) is 0.348. The number of hydrogen-bond donors (Lipinski definition) is 1. The van der Waals surface area contributed by atoms with Gasteiger partial charge in [0.05, 0.1) is 7.11 Å². The maximum atomic E-state index is 13.1. The molecule has 0 spiro atoms. The van der Waals surface area contributed by atoms with E-state index in [0.717, 1.165) is 21.7 Å². The minimum atomic E-state index is -1.24. The molecular formula is C23H27N3O4. The lowest BCUT2D eigenvalue weighted by molar-refractivity contribution is -0.134. The van der Waals surface area contributed by atoms with Gasteiger partial charge in [-0.3, -0.25) is 14.5 Å². The number of anilines is 1. The Kier molecular flexibility index (Phi) is 5.82. The lowest BCUT2D eigenvalue weighted by Crippen LogP contribution is -2.44. The van der Waals surface area contributed by atoms with Crippen LogP contribution in [0.5, 0.6) is 5.75 Å². The van der Waals surface area contributed by atoms with Crippen molar-refractivity contribution in [2.45, 2.75) is 33.2 Å². The highest BCUT2D eigenvalue weighted by Gasteiger charge is 2.49. The molecule has 1 heterocycles. The second kappa shape index (κ2) is 8.18. The van der Waals surface area contributed by atoms with Crippen molar-refractivity contribution < 1.29 is 19.1 Å². The van der Waals surface area contributed by atoms with Crippen molar-refractivity contribution in [3.05, 3.63) is 59.2 Å². The van der Waals surface area contributed by atoms with E-state index in [-0.39, 0.29) is 12.5 Å². The Balaban J connectivity index is 1.82. The zero-order valence-electron chi connectivity index (χ0n) is 18.0. The summed E-state index contributed by atoms with van der Waals surface area (Å²) in [5.74, 6) is -0.120. The summed E-state index contributed by atoms with van der Waals surface area (Å²) >= 11 is 0. The summed E-state index contributed by atoms with van der Waals surface area (Å²) in [6.07, 6.45) is 0. The van der Waals surface area contributed by atoms with Crippen LogP contribution in [0, 0.1) is 13.8 Å². The predicted molar refractivity (Wildman–Crippen MR) is 115 cm³/mol. The Morgan fingerprint density at radius 2 is 1.70 bits per heavy atom. The molecule has 2 aromatic rings. The molecule has 1 saturated heterocycles. The summed E-state index contributed by atoms with van der Waals surface area (Å²) in [6, 6.07) is 12.2. The number of carbonyl (C=O) groups is 3. The molecule has 7 heteroatoms. The Labute approximate surface area is 176 Å². The van der Waals surface area contributed by atoms with E-state index in [1.165, 1.54) is 0 Å². The SMILES string of the molecule is CCN(C(=O)CN1C(=O)NC(C)(c2ccc(OC)cc2)C1=O)c1cc(C)cc(C)c1. The van der Waals surface area contributed by atoms with Gasteiger partial charge in [0.2, 0.25) is 5.91 Å². The normalized spacial score (nSPS) is 18.4. The Morgan fingerprint density at radius 3 is 2.23 bits per heavy atom. The molecule has 1 aliphatic rings. The molecular weight excluding hydrogens is 382 g/mol. The van der Waals surface area contributed by atoms with E-state index in [4.69, 9.17) is 4.74 Å². The van der Waals surface area contributed by atoms with Crippen LogP contribution in [0.1, 0.15) is 30.5 Å². The molecule has 1 N–H and O–H groups in total. The number of urea groups is 1. The van der Waals surface area contributed by atoms with Crippen molar-refractivity contribution in [1.82, 2.24) is 10.2 Å². The van der Waals surface area contributed by atoms with E-state index in [0.29, 0.717) is 17.9 Å². The van der Waals surface area contributed by atoms with Crippen LogP contribution in [0.2, 0.25) is 0 Å². The monoisotopic (exact) mass is 409 g/mol. The molecule has 0 saturated carbocycles. The van der Waals surface area contributed by atoms with Crippen LogP contribution in [0.3, 0.4) is 0 Å². The quantitative estimate of drug-likeness (QED) is 0.744. The Hall–Kier alpha value is -3.35. The predicted octanol–water partition coefficient (Wildman–Crippen LogP) is 3.13. The standard InChI is InChI=1S/C23H27N3O4/c1-6-25(18-12-15(2)11-16(3)13-18)20(27)14-26-21(28)23(4,24-22(26)29)17-7-9-19(30-5)10-8-17/h7-13H,6,14H2,1-5H3,(H,24,29). The highest BCUT2D eigenvalue weighted by Crippen LogP contribution is 2.30. The number of ether oxygens (including phenoxy) is 1. The highest BCUT2D eigenvalue weighted by atomic mass is 16.5. The first-order chi connectivity index (χ1) is 14.2. The van der Waals surface area contributed by atoms with E-state index in [1.807, 2.05) is 39.0 Å². The van der Waals surface area contributed by atoms with Gasteiger partial charge in [-0.05, 0) is 68.7 Å². The smallest absolute Gasteiger partial charge is 0.325 e. The average molecular weight is 409 g/mol. The minimum Gasteiger partial charge on any atom is -0.497 e. The molecule has 1 fully saturated rings. The first-order valence-electron chi connectivity index (χ1n) is 9.87. The summed E-state index contributed by atoms with van der Waals surface area (Å²) in [5.41, 5.74) is 2.22. The van der Waals surface area contributed by atoms with E-state index >= 15 is 0 Å². The van der Waals surface area contributed by atoms with Crippen LogP contribution in [0.25, 0.3) is 0 Å². The molecule has 1 aliphatic heterocycles. The third-order valence-corrected chi connectivity index (χ3v) is 5.37. The molecule has 1 unspecified atom stereocenters.